The van der Waals surface area contributed by atoms with Crippen molar-refractivity contribution in [3.8, 4) is 5.88 Å². The summed E-state index contributed by atoms with van der Waals surface area (Å²) in [5.74, 6) is -0.589. The zero-order chi connectivity index (χ0) is 27.7. The van der Waals surface area contributed by atoms with Gasteiger partial charge in [-0.05, 0) is 50.6 Å². The van der Waals surface area contributed by atoms with Crippen LogP contribution in [-0.4, -0.2) is 43.1 Å². The van der Waals surface area contributed by atoms with Crippen LogP contribution in [0.5, 0.6) is 5.88 Å². The molecule has 3 aromatic carbocycles. The molecule has 0 saturated carbocycles. The maximum Gasteiger partial charge on any atom is 0.338 e. The van der Waals surface area contributed by atoms with Gasteiger partial charge in [-0.1, -0.05) is 42.5 Å². The Morgan fingerprint density at radius 2 is 1.79 bits per heavy atom. The molecule has 5 N–H and O–H groups in total. The second-order valence-corrected chi connectivity index (χ2v) is 11.2. The monoisotopic (exact) mass is 534 g/mol. The van der Waals surface area contributed by atoms with E-state index in [2.05, 4.69) is 9.71 Å². The topological polar surface area (TPSA) is 147 Å². The zero-order valence-corrected chi connectivity index (χ0v) is 22.4. The number of hydrogen-bond donors (Lipinski definition) is 4. The van der Waals surface area contributed by atoms with Gasteiger partial charge in [0.05, 0.1) is 41.1 Å². The molecule has 0 bridgehead atoms. The van der Waals surface area contributed by atoms with Crippen LogP contribution in [-0.2, 0) is 20.3 Å². The second kappa shape index (κ2) is 10.3. The second-order valence-electron chi connectivity index (χ2n) is 9.48. The van der Waals surface area contributed by atoms with Crippen molar-refractivity contribution >= 4 is 44.0 Å². The largest absolute Gasteiger partial charge is 0.494 e. The highest BCUT2D eigenvalue weighted by Gasteiger charge is 2.23. The SMILES string of the molecule is CCOC(=O)c1ccc2c(C(=Nc3ccc(C(C)(C)N)c(NS(C)(=O)=O)c3)c3ccccc3)c(O)[nH]c2c1. The molecule has 0 fully saturated rings. The quantitative estimate of drug-likeness (QED) is 0.189. The van der Waals surface area contributed by atoms with Crippen LogP contribution in [0, 0.1) is 0 Å². The van der Waals surface area contributed by atoms with Crippen LogP contribution in [0.25, 0.3) is 10.9 Å². The van der Waals surface area contributed by atoms with Gasteiger partial charge in [0.2, 0.25) is 10.0 Å². The van der Waals surface area contributed by atoms with Gasteiger partial charge < -0.3 is 20.6 Å². The van der Waals surface area contributed by atoms with E-state index in [1.165, 1.54) is 0 Å². The van der Waals surface area contributed by atoms with E-state index in [1.54, 1.807) is 57.2 Å². The van der Waals surface area contributed by atoms with Gasteiger partial charge in [-0.15, -0.1) is 0 Å². The lowest BCUT2D eigenvalue weighted by Crippen LogP contribution is -2.30. The Morgan fingerprint density at radius 1 is 1.08 bits per heavy atom. The number of carbonyl (C=O) groups is 1. The number of benzene rings is 3. The number of H-pyrrole nitrogens is 1. The van der Waals surface area contributed by atoms with Crippen molar-refractivity contribution < 1.29 is 23.1 Å². The first-order chi connectivity index (χ1) is 17.9. The van der Waals surface area contributed by atoms with Gasteiger partial charge in [0.1, 0.15) is 0 Å². The molecule has 10 heteroatoms. The third-order valence-electron chi connectivity index (χ3n) is 5.81. The van der Waals surface area contributed by atoms with Crippen LogP contribution in [0.4, 0.5) is 11.4 Å². The number of sulfonamides is 1. The summed E-state index contributed by atoms with van der Waals surface area (Å²) in [6.45, 7) is 5.54. The highest BCUT2D eigenvalue weighted by Crippen LogP contribution is 2.34. The van der Waals surface area contributed by atoms with E-state index in [0.29, 0.717) is 44.7 Å². The molecule has 0 aliphatic heterocycles. The number of anilines is 1. The average molecular weight is 535 g/mol. The summed E-state index contributed by atoms with van der Waals surface area (Å²) in [5, 5.41) is 11.6. The van der Waals surface area contributed by atoms with Crippen molar-refractivity contribution in [2.75, 3.05) is 17.6 Å². The molecule has 0 aliphatic carbocycles. The summed E-state index contributed by atoms with van der Waals surface area (Å²) in [6.07, 6.45) is 1.07. The van der Waals surface area contributed by atoms with Crippen LogP contribution in [0.15, 0.2) is 71.7 Å². The summed E-state index contributed by atoms with van der Waals surface area (Å²) in [6, 6.07) is 19.3. The molecule has 0 amide bonds. The highest BCUT2D eigenvalue weighted by atomic mass is 32.2. The Morgan fingerprint density at radius 3 is 2.42 bits per heavy atom. The third kappa shape index (κ3) is 5.87. The number of aliphatic imine (C=N–C) groups is 1. The van der Waals surface area contributed by atoms with Crippen LogP contribution in [0.3, 0.4) is 0 Å². The molecule has 4 rings (SSSR count). The normalized spacial score (nSPS) is 12.5. The van der Waals surface area contributed by atoms with E-state index in [9.17, 15) is 18.3 Å². The van der Waals surface area contributed by atoms with Crippen LogP contribution < -0.4 is 10.5 Å². The molecule has 0 spiro atoms. The minimum Gasteiger partial charge on any atom is -0.494 e. The number of esters is 1. The minimum absolute atomic E-state index is 0.127. The number of aromatic hydroxyl groups is 1. The number of ether oxygens (including phenoxy) is 1. The number of rotatable bonds is 8. The molecule has 0 atom stereocenters. The molecule has 0 saturated heterocycles. The maximum absolute atomic E-state index is 12.2. The number of hydrogen-bond acceptors (Lipinski definition) is 7. The predicted octanol–water partition coefficient (Wildman–Crippen LogP) is 4.78. The number of nitrogens with two attached hydrogens (primary N) is 1. The highest BCUT2D eigenvalue weighted by molar-refractivity contribution is 7.92. The van der Waals surface area contributed by atoms with Crippen LogP contribution in [0.2, 0.25) is 0 Å². The number of carbonyl (C=O) groups excluding carboxylic acids is 1. The first-order valence-corrected chi connectivity index (χ1v) is 13.8. The molecular formula is C28H30N4O5S. The van der Waals surface area contributed by atoms with Gasteiger partial charge in [0.25, 0.3) is 0 Å². The molecule has 1 heterocycles. The van der Waals surface area contributed by atoms with E-state index < -0.39 is 21.5 Å². The number of nitrogens with one attached hydrogen (secondary N) is 2. The zero-order valence-electron chi connectivity index (χ0n) is 21.6. The van der Waals surface area contributed by atoms with E-state index in [-0.39, 0.29) is 12.5 Å². The fourth-order valence-corrected chi connectivity index (χ4v) is 4.77. The van der Waals surface area contributed by atoms with Gasteiger partial charge in [0.15, 0.2) is 5.88 Å². The van der Waals surface area contributed by atoms with Gasteiger partial charge in [-0.25, -0.2) is 18.2 Å². The van der Waals surface area contributed by atoms with E-state index >= 15 is 0 Å². The van der Waals surface area contributed by atoms with Crippen molar-refractivity contribution in [3.63, 3.8) is 0 Å². The Hall–Kier alpha value is -4.15. The van der Waals surface area contributed by atoms with Gasteiger partial charge >= 0.3 is 5.97 Å². The van der Waals surface area contributed by atoms with E-state index in [1.807, 2.05) is 30.3 Å². The van der Waals surface area contributed by atoms with E-state index in [4.69, 9.17) is 15.5 Å². The predicted molar refractivity (Wildman–Crippen MR) is 150 cm³/mol. The number of nitrogens with zero attached hydrogens (tertiary/aromatic N) is 1. The molecule has 38 heavy (non-hydrogen) atoms. The summed E-state index contributed by atoms with van der Waals surface area (Å²) in [7, 11) is -3.59. The number of fused-ring (bicyclic) bond motifs is 1. The molecule has 1 aromatic heterocycles. The van der Waals surface area contributed by atoms with Crippen molar-refractivity contribution in [1.29, 1.82) is 0 Å². The smallest absolute Gasteiger partial charge is 0.338 e. The molecule has 9 nitrogen and oxygen atoms in total. The fraction of sp³-hybridized carbons (Fsp3) is 0.214. The van der Waals surface area contributed by atoms with Gasteiger partial charge in [-0.2, -0.15) is 0 Å². The van der Waals surface area contributed by atoms with Crippen molar-refractivity contribution in [3.05, 3.63) is 89.0 Å². The molecule has 0 aliphatic rings. The van der Waals surface area contributed by atoms with E-state index in [0.717, 1.165) is 11.8 Å². The molecule has 0 radical (unpaired) electrons. The fourth-order valence-electron chi connectivity index (χ4n) is 4.20. The summed E-state index contributed by atoms with van der Waals surface area (Å²) in [5.41, 5.74) is 9.32. The Balaban J connectivity index is 1.92. The molecular weight excluding hydrogens is 504 g/mol. The Bertz CT molecular complexity index is 1640. The third-order valence-corrected chi connectivity index (χ3v) is 6.40. The summed E-state index contributed by atoms with van der Waals surface area (Å²) >= 11 is 0. The van der Waals surface area contributed by atoms with Crippen molar-refractivity contribution in [2.24, 2.45) is 10.7 Å². The van der Waals surface area contributed by atoms with Crippen LogP contribution in [0.1, 0.15) is 47.8 Å². The number of aromatic nitrogens is 1. The maximum atomic E-state index is 12.2. The first kappa shape index (κ1) is 26.9. The lowest BCUT2D eigenvalue weighted by atomic mass is 9.93. The lowest BCUT2D eigenvalue weighted by Gasteiger charge is -2.23. The van der Waals surface area contributed by atoms with Crippen LogP contribution >= 0.6 is 0 Å². The Labute approximate surface area is 221 Å². The summed E-state index contributed by atoms with van der Waals surface area (Å²) in [4.78, 5) is 20.0. The van der Waals surface area contributed by atoms with Gasteiger partial charge in [0, 0.05) is 22.0 Å². The van der Waals surface area contributed by atoms with Gasteiger partial charge in [-0.3, -0.25) is 4.72 Å². The summed E-state index contributed by atoms with van der Waals surface area (Å²) < 4.78 is 31.8. The Kier molecular flexibility index (Phi) is 7.30. The molecule has 0 unspecified atom stereocenters. The van der Waals surface area contributed by atoms with Crippen molar-refractivity contribution in [1.82, 2.24) is 4.98 Å². The first-order valence-electron chi connectivity index (χ1n) is 11.9. The number of aromatic amines is 1. The van der Waals surface area contributed by atoms with Crippen molar-refractivity contribution in [2.45, 2.75) is 26.3 Å². The lowest BCUT2D eigenvalue weighted by molar-refractivity contribution is 0.0526. The molecule has 4 aromatic rings. The standard InChI is InChI=1S/C28H30N4O5S/c1-5-37-27(34)18-11-13-20-22(15-18)31-26(33)24(20)25(17-9-7-6-8-10-17)30-19-12-14-21(28(2,3)29)23(16-19)32-38(4,35)36/h6-16,31-33H,5,29H2,1-4H3. The average Bonchev–Trinajstić information content (AvgIpc) is 3.16. The molecule has 198 valence electrons. The minimum atomic E-state index is -3.59.